The van der Waals surface area contributed by atoms with E-state index in [-0.39, 0.29) is 41.9 Å². The fourth-order valence-electron chi connectivity index (χ4n) is 6.42. The van der Waals surface area contributed by atoms with Gasteiger partial charge >= 0.3 is 0 Å². The molecule has 0 spiro atoms. The summed E-state index contributed by atoms with van der Waals surface area (Å²) >= 11 is 0. The van der Waals surface area contributed by atoms with E-state index in [0.717, 1.165) is 61.9 Å². The Morgan fingerprint density at radius 1 is 0.959 bits per heavy atom. The fraction of sp³-hybridized carbons (Fsp3) is 0.389. The van der Waals surface area contributed by atoms with Crippen molar-refractivity contribution in [2.75, 3.05) is 32.1 Å². The quantitative estimate of drug-likeness (QED) is 0.0578. The molecule has 1 saturated heterocycles. The Morgan fingerprint density at radius 3 is 2.31 bits per heavy atom. The van der Waals surface area contributed by atoms with E-state index in [0.29, 0.717) is 35.0 Å². The van der Waals surface area contributed by atoms with Gasteiger partial charge in [0.1, 0.15) is 11.8 Å². The number of rotatable bonds is 13. The number of hydrazine groups is 1. The highest BCUT2D eigenvalue weighted by Crippen LogP contribution is 2.32. The van der Waals surface area contributed by atoms with Crippen LogP contribution < -0.4 is 48.8 Å². The van der Waals surface area contributed by atoms with Crippen molar-refractivity contribution in [1.29, 1.82) is 0 Å². The monoisotopic (exact) mass is 669 g/mol. The van der Waals surface area contributed by atoms with Gasteiger partial charge in [-0.1, -0.05) is 24.3 Å². The van der Waals surface area contributed by atoms with Gasteiger partial charge in [0.2, 0.25) is 11.8 Å². The Hall–Kier alpha value is -4.98. The predicted octanol–water partition coefficient (Wildman–Crippen LogP) is 1.97. The van der Waals surface area contributed by atoms with Gasteiger partial charge in [-0.15, -0.1) is 5.10 Å². The van der Waals surface area contributed by atoms with Crippen LogP contribution in [0.4, 0.5) is 5.69 Å². The number of nitrogens with zero attached hydrogens (tertiary/aromatic N) is 1. The molecule has 1 aliphatic carbocycles. The number of anilines is 1. The number of ether oxygens (including phenoxy) is 1. The van der Waals surface area contributed by atoms with Crippen LogP contribution in [0.3, 0.4) is 0 Å². The van der Waals surface area contributed by atoms with E-state index < -0.39 is 6.04 Å². The lowest BCUT2D eigenvalue weighted by atomic mass is 9.81. The first-order valence-corrected chi connectivity index (χ1v) is 16.8. The minimum Gasteiger partial charge on any atom is -0.496 e. The zero-order valence-electron chi connectivity index (χ0n) is 27.8. The Morgan fingerprint density at radius 2 is 1.67 bits per heavy atom. The molecule has 13 heteroatoms. The largest absolute Gasteiger partial charge is 0.496 e. The molecule has 5 rings (SSSR count). The highest BCUT2D eigenvalue weighted by Gasteiger charge is 2.29. The molecular weight excluding hydrogens is 622 g/mol. The van der Waals surface area contributed by atoms with Gasteiger partial charge in [-0.05, 0) is 105 Å². The van der Waals surface area contributed by atoms with Gasteiger partial charge in [-0.2, -0.15) is 0 Å². The Kier molecular flexibility index (Phi) is 12.2. The summed E-state index contributed by atoms with van der Waals surface area (Å²) in [6.07, 6.45) is 4.48. The van der Waals surface area contributed by atoms with E-state index in [4.69, 9.17) is 22.0 Å². The topological polar surface area (TPSA) is 211 Å². The van der Waals surface area contributed by atoms with Crippen molar-refractivity contribution in [2.45, 2.75) is 50.6 Å². The minimum atomic E-state index is -0.819. The minimum absolute atomic E-state index is 0.117. The number of nitrogens with one attached hydrogen (secondary N) is 5. The fourth-order valence-corrected chi connectivity index (χ4v) is 6.42. The third kappa shape index (κ3) is 9.34. The summed E-state index contributed by atoms with van der Waals surface area (Å²) in [6.45, 7) is 2.28. The van der Waals surface area contributed by atoms with Gasteiger partial charge < -0.3 is 37.5 Å². The van der Waals surface area contributed by atoms with Gasteiger partial charge in [0.25, 0.3) is 5.91 Å². The Labute approximate surface area is 286 Å². The summed E-state index contributed by atoms with van der Waals surface area (Å²) in [7, 11) is 1.58. The molecule has 2 atom stereocenters. The zero-order chi connectivity index (χ0) is 34.8. The average molecular weight is 670 g/mol. The van der Waals surface area contributed by atoms with Crippen LogP contribution in [0.1, 0.15) is 53.6 Å². The highest BCUT2D eigenvalue weighted by molar-refractivity contribution is 6.00. The van der Waals surface area contributed by atoms with Crippen LogP contribution in [-0.2, 0) is 16.0 Å². The van der Waals surface area contributed by atoms with E-state index in [1.165, 1.54) is 0 Å². The standard InChI is InChI=1S/C36H47N9O4/c1-49-32-19-27(35(47)42-29-16-17-40-21-29)12-15-30(32)24-6-2-22(3-7-24)18-31(43-34(46)26-8-4-23(20-37)5-9-26)36(48)41-28-13-10-25(11-14-28)33(38)44-45-39/h2-3,6-7,10-15,19,23,26,29,31,40,45H,4-5,8-9,16-18,20-21,37,39H2,1H3,(H2,38,44)(H,41,48)(H,42,47)(H,43,46)/t23?,26?,29?,31-/m0/s1. The summed E-state index contributed by atoms with van der Waals surface area (Å²) in [5.74, 6) is 5.68. The number of hydrazone groups is 1. The third-order valence-corrected chi connectivity index (χ3v) is 9.38. The Balaban J connectivity index is 1.30. The van der Waals surface area contributed by atoms with Gasteiger partial charge in [0, 0.05) is 47.3 Å². The smallest absolute Gasteiger partial charge is 0.251 e. The highest BCUT2D eigenvalue weighted by atomic mass is 16.5. The summed E-state index contributed by atoms with van der Waals surface area (Å²) in [4.78, 5) is 39.9. The van der Waals surface area contributed by atoms with Crippen molar-refractivity contribution in [3.8, 4) is 16.9 Å². The molecule has 0 radical (unpaired) electrons. The Bertz CT molecular complexity index is 1610. The molecule has 2 aliphatic rings. The molecule has 3 aromatic carbocycles. The van der Waals surface area contributed by atoms with E-state index in [1.54, 1.807) is 43.5 Å². The summed E-state index contributed by atoms with van der Waals surface area (Å²) in [6, 6.07) is 19.3. The lowest BCUT2D eigenvalue weighted by molar-refractivity contribution is -0.130. The van der Waals surface area contributed by atoms with Crippen LogP contribution in [0.15, 0.2) is 71.8 Å². The van der Waals surface area contributed by atoms with Crippen LogP contribution in [0.5, 0.6) is 5.75 Å². The maximum absolute atomic E-state index is 13.7. The number of nitrogens with two attached hydrogens (primary N) is 3. The van der Waals surface area contributed by atoms with E-state index in [1.807, 2.05) is 30.3 Å². The zero-order valence-corrected chi connectivity index (χ0v) is 27.8. The molecule has 0 bridgehead atoms. The number of amides is 3. The van der Waals surface area contributed by atoms with Crippen LogP contribution in [0.25, 0.3) is 11.1 Å². The predicted molar refractivity (Wildman–Crippen MR) is 190 cm³/mol. The lowest BCUT2D eigenvalue weighted by Crippen LogP contribution is -2.48. The van der Waals surface area contributed by atoms with Crippen LogP contribution in [0.2, 0.25) is 0 Å². The number of carbonyl (C=O) groups excluding carboxylic acids is 3. The van der Waals surface area contributed by atoms with E-state index >= 15 is 0 Å². The number of hydrogen-bond donors (Lipinski definition) is 8. The molecule has 13 nitrogen and oxygen atoms in total. The maximum atomic E-state index is 13.7. The van der Waals surface area contributed by atoms with Crippen molar-refractivity contribution in [2.24, 2.45) is 34.2 Å². The van der Waals surface area contributed by atoms with Crippen LogP contribution >= 0.6 is 0 Å². The average Bonchev–Trinajstić information content (AvgIpc) is 3.65. The molecule has 49 heavy (non-hydrogen) atoms. The van der Waals surface area contributed by atoms with Gasteiger partial charge in [-0.25, -0.2) is 11.4 Å². The second kappa shape index (κ2) is 16.9. The summed E-state index contributed by atoms with van der Waals surface area (Å²) < 4.78 is 5.67. The molecule has 11 N–H and O–H groups in total. The first-order chi connectivity index (χ1) is 23.8. The van der Waals surface area contributed by atoms with Crippen molar-refractivity contribution in [1.82, 2.24) is 21.5 Å². The molecule has 2 fully saturated rings. The van der Waals surface area contributed by atoms with Crippen molar-refractivity contribution < 1.29 is 19.1 Å². The molecule has 1 heterocycles. The van der Waals surface area contributed by atoms with Crippen molar-refractivity contribution in [3.63, 3.8) is 0 Å². The van der Waals surface area contributed by atoms with Crippen molar-refractivity contribution in [3.05, 3.63) is 83.4 Å². The third-order valence-electron chi connectivity index (χ3n) is 9.38. The number of methoxy groups -OCH3 is 1. The normalized spacial score (nSPS) is 19.8. The molecule has 0 aromatic heterocycles. The van der Waals surface area contributed by atoms with E-state index in [9.17, 15) is 14.4 Å². The van der Waals surface area contributed by atoms with Crippen LogP contribution in [-0.4, -0.2) is 62.4 Å². The van der Waals surface area contributed by atoms with E-state index in [2.05, 4.69) is 31.9 Å². The van der Waals surface area contributed by atoms with Crippen LogP contribution in [0, 0.1) is 11.8 Å². The first-order valence-electron chi connectivity index (χ1n) is 16.8. The molecule has 260 valence electrons. The molecule has 1 unspecified atom stereocenters. The molecule has 1 saturated carbocycles. The first kappa shape index (κ1) is 35.3. The second-order valence-corrected chi connectivity index (χ2v) is 12.7. The molecule has 3 amide bonds. The summed E-state index contributed by atoms with van der Waals surface area (Å²) in [5, 5.41) is 16.1. The van der Waals surface area contributed by atoms with Gasteiger partial charge in [-0.3, -0.25) is 14.4 Å². The molecule has 3 aromatic rings. The maximum Gasteiger partial charge on any atom is 0.251 e. The van der Waals surface area contributed by atoms with Crippen molar-refractivity contribution >= 4 is 29.2 Å². The molecule has 1 aliphatic heterocycles. The summed E-state index contributed by atoms with van der Waals surface area (Å²) in [5.41, 5.74) is 18.2. The van der Waals surface area contributed by atoms with Gasteiger partial charge in [0.05, 0.1) is 7.11 Å². The molecular formula is C36H47N9O4. The van der Waals surface area contributed by atoms with Gasteiger partial charge in [0.15, 0.2) is 5.84 Å². The number of hydrogen-bond acceptors (Lipinski definition) is 9. The SMILES string of the molecule is COc1cc(C(=O)NC2CCNC2)ccc1-c1ccc(C[C@H](NC(=O)C2CCC(CN)CC2)C(=O)Nc2ccc(/C(N)=N/NN)cc2)cc1. The lowest BCUT2D eigenvalue weighted by Gasteiger charge is -2.28. The second-order valence-electron chi connectivity index (χ2n) is 12.7. The number of benzene rings is 3. The number of carbonyl (C=O) groups is 3. The number of amidine groups is 1.